The van der Waals surface area contributed by atoms with Gasteiger partial charge in [-0.05, 0) is 31.0 Å². The Morgan fingerprint density at radius 1 is 1.48 bits per heavy atom. The fourth-order valence-corrected chi connectivity index (χ4v) is 3.21. The van der Waals surface area contributed by atoms with Crippen LogP contribution < -0.4 is 5.32 Å². The highest BCUT2D eigenvalue weighted by Crippen LogP contribution is 2.27. The maximum Gasteiger partial charge on any atom is 0.263 e. The number of hydrogen-bond acceptors (Lipinski definition) is 6. The Kier molecular flexibility index (Phi) is 4.90. The number of aromatic nitrogens is 1. The Morgan fingerprint density at radius 2 is 2.26 bits per heavy atom. The second-order valence-corrected chi connectivity index (χ2v) is 6.45. The molecule has 1 aromatic heterocycles. The lowest BCUT2D eigenvalue weighted by molar-refractivity contribution is -0.0442. The van der Waals surface area contributed by atoms with Crippen molar-refractivity contribution in [3.05, 3.63) is 45.9 Å². The average Bonchev–Trinajstić information content (AvgIpc) is 3.18. The van der Waals surface area contributed by atoms with Crippen LogP contribution in [0.4, 0.5) is 0 Å². The minimum absolute atomic E-state index is 0.0613. The first-order valence-corrected chi connectivity index (χ1v) is 8.21. The normalized spacial score (nSPS) is 16.4. The first kappa shape index (κ1) is 15.9. The predicted octanol–water partition coefficient (Wildman–Crippen LogP) is 2.26. The molecule has 3 rings (SSSR count). The highest BCUT2D eigenvalue weighted by atomic mass is 32.1. The Labute approximate surface area is 138 Å². The van der Waals surface area contributed by atoms with Crippen molar-refractivity contribution in [2.75, 3.05) is 13.2 Å². The second kappa shape index (κ2) is 7.08. The van der Waals surface area contributed by atoms with Gasteiger partial charge in [0.2, 0.25) is 6.29 Å². The van der Waals surface area contributed by atoms with Gasteiger partial charge in [0.15, 0.2) is 0 Å². The van der Waals surface area contributed by atoms with Gasteiger partial charge in [-0.15, -0.1) is 11.3 Å². The van der Waals surface area contributed by atoms with Gasteiger partial charge in [0.05, 0.1) is 19.4 Å². The molecule has 0 bridgehead atoms. The summed E-state index contributed by atoms with van der Waals surface area (Å²) in [5.41, 5.74) is 0.968. The van der Waals surface area contributed by atoms with Crippen LogP contribution in [0.5, 0.6) is 5.75 Å². The number of nitrogens with one attached hydrogen (secondary N) is 1. The van der Waals surface area contributed by atoms with Crippen LogP contribution in [0.25, 0.3) is 0 Å². The van der Waals surface area contributed by atoms with Crippen LogP contribution in [0.3, 0.4) is 0 Å². The van der Waals surface area contributed by atoms with Gasteiger partial charge in [0.25, 0.3) is 5.91 Å². The second-order valence-electron chi connectivity index (χ2n) is 5.38. The molecule has 1 aromatic carbocycles. The van der Waals surface area contributed by atoms with E-state index in [1.807, 2.05) is 13.0 Å². The first-order valence-electron chi connectivity index (χ1n) is 7.39. The number of amides is 1. The summed E-state index contributed by atoms with van der Waals surface area (Å²) in [6.07, 6.45) is 1.73. The smallest absolute Gasteiger partial charge is 0.263 e. The van der Waals surface area contributed by atoms with E-state index in [2.05, 4.69) is 10.3 Å². The summed E-state index contributed by atoms with van der Waals surface area (Å²) in [7, 11) is 0. The molecule has 1 aliphatic rings. The maximum absolute atomic E-state index is 12.3. The minimum Gasteiger partial charge on any atom is -0.508 e. The van der Waals surface area contributed by atoms with Gasteiger partial charge in [-0.25, -0.2) is 4.98 Å². The fraction of sp³-hybridized carbons (Fsp3) is 0.375. The number of benzene rings is 1. The highest BCUT2D eigenvalue weighted by molar-refractivity contribution is 7.13. The molecule has 122 valence electrons. The number of carbonyl (C=O) groups is 1. The molecule has 6 nitrogen and oxygen atoms in total. The number of phenolic OH excluding ortho intramolecular Hbond substituents is 1. The van der Waals surface area contributed by atoms with E-state index < -0.39 is 6.29 Å². The van der Waals surface area contributed by atoms with Crippen molar-refractivity contribution in [3.8, 4) is 5.75 Å². The topological polar surface area (TPSA) is 80.7 Å². The van der Waals surface area contributed by atoms with Crippen LogP contribution in [0.2, 0.25) is 0 Å². The first-order chi connectivity index (χ1) is 11.1. The van der Waals surface area contributed by atoms with E-state index in [1.54, 1.807) is 24.4 Å². The molecule has 2 N–H and O–H groups in total. The van der Waals surface area contributed by atoms with Gasteiger partial charge in [-0.2, -0.15) is 0 Å². The number of ether oxygens (including phenoxy) is 2. The lowest BCUT2D eigenvalue weighted by atomic mass is 10.1. The molecule has 0 spiro atoms. The molecule has 1 atom stereocenters. The number of nitrogens with zero attached hydrogens (tertiary/aromatic N) is 1. The van der Waals surface area contributed by atoms with Gasteiger partial charge < -0.3 is 19.9 Å². The number of carbonyl (C=O) groups excluding carboxylic acids is 1. The van der Waals surface area contributed by atoms with Crippen molar-refractivity contribution >= 4 is 17.2 Å². The van der Waals surface area contributed by atoms with E-state index in [1.165, 1.54) is 11.3 Å². The van der Waals surface area contributed by atoms with Crippen LogP contribution >= 0.6 is 11.3 Å². The minimum atomic E-state index is -0.453. The third kappa shape index (κ3) is 4.07. The Balaban J connectivity index is 1.58. The molecule has 2 aromatic rings. The van der Waals surface area contributed by atoms with E-state index in [4.69, 9.17) is 9.47 Å². The largest absolute Gasteiger partial charge is 0.508 e. The summed E-state index contributed by atoms with van der Waals surface area (Å²) in [5.74, 6) is 0.0593. The number of aromatic hydroxyl groups is 1. The summed E-state index contributed by atoms with van der Waals surface area (Å²) in [4.78, 5) is 17.0. The number of hydrogen-bond donors (Lipinski definition) is 2. The van der Waals surface area contributed by atoms with Crippen molar-refractivity contribution in [2.24, 2.45) is 0 Å². The van der Waals surface area contributed by atoms with Crippen molar-refractivity contribution in [1.29, 1.82) is 0 Å². The van der Waals surface area contributed by atoms with Crippen LogP contribution in [-0.4, -0.2) is 35.3 Å². The van der Waals surface area contributed by atoms with E-state index in [0.29, 0.717) is 29.5 Å². The van der Waals surface area contributed by atoms with Gasteiger partial charge in [0, 0.05) is 6.04 Å². The Bertz CT molecular complexity index is 682. The predicted molar refractivity (Wildman–Crippen MR) is 85.5 cm³/mol. The zero-order chi connectivity index (χ0) is 16.2. The molecule has 0 unspecified atom stereocenters. The summed E-state index contributed by atoms with van der Waals surface area (Å²) in [6.45, 7) is 3.02. The standard InChI is InChI=1S/C16H18N2O4S/c1-10(7-11-3-2-4-12(19)8-11)18-14(20)13-9-17-15(23-13)16-21-5-6-22-16/h2-4,8-10,16,19H,5-7H2,1H3,(H,18,20)/t10-/m0/s1. The van der Waals surface area contributed by atoms with Gasteiger partial charge >= 0.3 is 0 Å². The number of rotatable bonds is 5. The summed E-state index contributed by atoms with van der Waals surface area (Å²) in [5, 5.41) is 13.1. The highest BCUT2D eigenvalue weighted by Gasteiger charge is 2.23. The van der Waals surface area contributed by atoms with Gasteiger partial charge in [-0.3, -0.25) is 4.79 Å². The molecule has 7 heteroatoms. The molecular formula is C16H18N2O4S. The molecular weight excluding hydrogens is 316 g/mol. The zero-order valence-electron chi connectivity index (χ0n) is 12.7. The average molecular weight is 334 g/mol. The SMILES string of the molecule is C[C@@H](Cc1cccc(O)c1)NC(=O)c1cnc(C2OCCO2)s1. The summed E-state index contributed by atoms with van der Waals surface area (Å²) < 4.78 is 10.7. The molecule has 0 saturated carbocycles. The number of phenols is 1. The van der Waals surface area contributed by atoms with Crippen molar-refractivity contribution < 1.29 is 19.4 Å². The summed E-state index contributed by atoms with van der Waals surface area (Å²) >= 11 is 1.28. The molecule has 1 aliphatic heterocycles. The number of thiazole rings is 1. The van der Waals surface area contributed by atoms with Crippen molar-refractivity contribution in [1.82, 2.24) is 10.3 Å². The Hall–Kier alpha value is -1.96. The molecule has 1 saturated heterocycles. The zero-order valence-corrected chi connectivity index (χ0v) is 13.5. The molecule has 0 radical (unpaired) electrons. The van der Waals surface area contributed by atoms with Crippen LogP contribution in [-0.2, 0) is 15.9 Å². The lowest BCUT2D eigenvalue weighted by Crippen LogP contribution is -2.33. The molecule has 0 aliphatic carbocycles. The lowest BCUT2D eigenvalue weighted by Gasteiger charge is -2.13. The molecule has 1 amide bonds. The van der Waals surface area contributed by atoms with Crippen LogP contribution in [0.1, 0.15) is 33.5 Å². The van der Waals surface area contributed by atoms with Gasteiger partial charge in [-0.1, -0.05) is 12.1 Å². The van der Waals surface area contributed by atoms with Crippen LogP contribution in [0.15, 0.2) is 30.5 Å². The molecule has 2 heterocycles. The van der Waals surface area contributed by atoms with E-state index >= 15 is 0 Å². The third-order valence-electron chi connectivity index (χ3n) is 3.40. The van der Waals surface area contributed by atoms with Gasteiger partial charge in [0.1, 0.15) is 15.6 Å². The van der Waals surface area contributed by atoms with E-state index in [9.17, 15) is 9.90 Å². The molecule has 1 fully saturated rings. The monoisotopic (exact) mass is 334 g/mol. The van der Waals surface area contributed by atoms with Crippen LogP contribution in [0, 0.1) is 0 Å². The maximum atomic E-state index is 12.3. The molecule has 23 heavy (non-hydrogen) atoms. The quantitative estimate of drug-likeness (QED) is 0.876. The summed E-state index contributed by atoms with van der Waals surface area (Å²) in [6, 6.07) is 6.97. The van der Waals surface area contributed by atoms with Crippen molar-refractivity contribution in [3.63, 3.8) is 0 Å². The van der Waals surface area contributed by atoms with E-state index in [0.717, 1.165) is 5.56 Å². The third-order valence-corrected chi connectivity index (χ3v) is 4.42. The van der Waals surface area contributed by atoms with Crippen molar-refractivity contribution in [2.45, 2.75) is 25.7 Å². The van der Waals surface area contributed by atoms with E-state index in [-0.39, 0.29) is 17.7 Å². The Morgan fingerprint density at radius 3 is 3.00 bits per heavy atom. The fourth-order valence-electron chi connectivity index (χ4n) is 2.39.